The molecule has 2 heterocycles. The second-order valence-electron chi connectivity index (χ2n) is 6.55. The van der Waals surface area contributed by atoms with E-state index in [1.54, 1.807) is 24.3 Å². The molecule has 0 saturated heterocycles. The minimum absolute atomic E-state index is 0.285. The average Bonchev–Trinajstić information content (AvgIpc) is 3.20. The summed E-state index contributed by atoms with van der Waals surface area (Å²) in [5.41, 5.74) is 1.05. The molecular formula is C17H19F2N5S. The second kappa shape index (κ2) is 6.40. The highest BCUT2D eigenvalue weighted by Crippen LogP contribution is 2.40. The molecule has 132 valence electrons. The third kappa shape index (κ3) is 3.03. The number of halogens is 2. The van der Waals surface area contributed by atoms with E-state index >= 15 is 0 Å². The maximum atomic E-state index is 13.5. The van der Waals surface area contributed by atoms with Gasteiger partial charge in [-0.3, -0.25) is 4.57 Å². The molecular weight excluding hydrogens is 344 g/mol. The van der Waals surface area contributed by atoms with E-state index in [0.29, 0.717) is 28.7 Å². The molecule has 5 nitrogen and oxygen atoms in total. The van der Waals surface area contributed by atoms with Gasteiger partial charge in [0.2, 0.25) is 0 Å². The summed E-state index contributed by atoms with van der Waals surface area (Å²) in [6, 6.07) is 7.43. The molecule has 1 aliphatic rings. The van der Waals surface area contributed by atoms with E-state index in [1.807, 2.05) is 0 Å². The summed E-state index contributed by atoms with van der Waals surface area (Å²) in [4.78, 5) is 4.39. The van der Waals surface area contributed by atoms with Gasteiger partial charge in [-0.15, -0.1) is 10.2 Å². The van der Waals surface area contributed by atoms with Gasteiger partial charge in [0.05, 0.1) is 16.8 Å². The zero-order chi connectivity index (χ0) is 17.6. The van der Waals surface area contributed by atoms with E-state index in [9.17, 15) is 8.78 Å². The van der Waals surface area contributed by atoms with Crippen LogP contribution in [-0.4, -0.2) is 24.3 Å². The van der Waals surface area contributed by atoms with Crippen molar-refractivity contribution in [2.75, 3.05) is 0 Å². The quantitative estimate of drug-likeness (QED) is 0.592. The largest absolute Gasteiger partial charge is 0.320 e. The molecule has 1 aromatic carbocycles. The third-order valence-corrected chi connectivity index (χ3v) is 5.25. The molecule has 0 radical (unpaired) electrons. The Morgan fingerprint density at radius 2 is 1.96 bits per heavy atom. The molecule has 1 aliphatic carbocycles. The lowest BCUT2D eigenvalue weighted by molar-refractivity contribution is 0.0722. The fraction of sp³-hybridized carbons (Fsp3) is 0.471. The van der Waals surface area contributed by atoms with E-state index in [0.717, 1.165) is 28.4 Å². The molecule has 0 amide bonds. The van der Waals surface area contributed by atoms with Crippen LogP contribution >= 0.6 is 11.8 Å². The summed E-state index contributed by atoms with van der Waals surface area (Å²) >= 11 is 1.43. The molecule has 0 N–H and O–H groups in total. The maximum Gasteiger partial charge on any atom is 0.320 e. The highest BCUT2D eigenvalue weighted by Gasteiger charge is 2.30. The molecule has 3 aromatic rings. The molecule has 2 aromatic heterocycles. The van der Waals surface area contributed by atoms with Crippen molar-refractivity contribution in [2.24, 2.45) is 0 Å². The predicted molar refractivity (Wildman–Crippen MR) is 92.9 cm³/mol. The molecule has 1 saturated carbocycles. The van der Waals surface area contributed by atoms with Crippen LogP contribution in [0.15, 0.2) is 29.4 Å². The molecule has 0 spiro atoms. The average molecular weight is 363 g/mol. The van der Waals surface area contributed by atoms with E-state index < -0.39 is 6.55 Å². The van der Waals surface area contributed by atoms with Crippen molar-refractivity contribution in [3.05, 3.63) is 35.9 Å². The van der Waals surface area contributed by atoms with Gasteiger partial charge in [-0.2, -0.15) is 8.78 Å². The van der Waals surface area contributed by atoms with Crippen molar-refractivity contribution in [3.8, 4) is 0 Å². The van der Waals surface area contributed by atoms with Gasteiger partial charge in [-0.05, 0) is 25.0 Å². The van der Waals surface area contributed by atoms with Crippen LogP contribution in [0.3, 0.4) is 0 Å². The fourth-order valence-electron chi connectivity index (χ4n) is 3.00. The SMILES string of the molecule is CC(C)c1nnc(SCc2nc3ccccc3n2C(F)F)n1C1CC1. The molecule has 1 fully saturated rings. The van der Waals surface area contributed by atoms with E-state index in [2.05, 4.69) is 33.6 Å². The number of thioether (sulfide) groups is 1. The first-order valence-corrected chi connectivity index (χ1v) is 9.36. The number of hydrogen-bond donors (Lipinski definition) is 0. The van der Waals surface area contributed by atoms with Gasteiger partial charge in [0, 0.05) is 12.0 Å². The zero-order valence-electron chi connectivity index (χ0n) is 14.1. The molecule has 0 aliphatic heterocycles. The summed E-state index contributed by atoms with van der Waals surface area (Å²) in [5, 5.41) is 9.39. The van der Waals surface area contributed by atoms with Crippen molar-refractivity contribution >= 4 is 22.8 Å². The summed E-state index contributed by atoms with van der Waals surface area (Å²) < 4.78 is 30.2. The van der Waals surface area contributed by atoms with Crippen LogP contribution in [0.1, 0.15) is 56.8 Å². The molecule has 25 heavy (non-hydrogen) atoms. The summed E-state index contributed by atoms with van der Waals surface area (Å²) in [7, 11) is 0. The first-order valence-electron chi connectivity index (χ1n) is 8.38. The van der Waals surface area contributed by atoms with E-state index in [1.165, 1.54) is 11.8 Å². The number of nitrogens with zero attached hydrogens (tertiary/aromatic N) is 5. The van der Waals surface area contributed by atoms with Crippen molar-refractivity contribution in [1.29, 1.82) is 0 Å². The Labute approximate surface area is 148 Å². The van der Waals surface area contributed by atoms with Gasteiger partial charge in [0.25, 0.3) is 0 Å². The first kappa shape index (κ1) is 16.5. The van der Waals surface area contributed by atoms with Crippen LogP contribution in [0.5, 0.6) is 0 Å². The van der Waals surface area contributed by atoms with E-state index in [-0.39, 0.29) is 5.92 Å². The van der Waals surface area contributed by atoms with Crippen molar-refractivity contribution in [1.82, 2.24) is 24.3 Å². The van der Waals surface area contributed by atoms with E-state index in [4.69, 9.17) is 0 Å². The molecule has 8 heteroatoms. The van der Waals surface area contributed by atoms with Crippen LogP contribution in [-0.2, 0) is 5.75 Å². The summed E-state index contributed by atoms with van der Waals surface area (Å²) in [6.45, 7) is 1.57. The predicted octanol–water partition coefficient (Wildman–Crippen LogP) is 4.77. The van der Waals surface area contributed by atoms with Crippen LogP contribution in [0.25, 0.3) is 11.0 Å². The lowest BCUT2D eigenvalue weighted by atomic mass is 10.2. The fourth-order valence-corrected chi connectivity index (χ4v) is 3.94. The Hall–Kier alpha value is -1.96. The van der Waals surface area contributed by atoms with Crippen LogP contribution in [0.4, 0.5) is 8.78 Å². The molecule has 0 bridgehead atoms. The number of imidazole rings is 1. The number of benzene rings is 1. The summed E-state index contributed by atoms with van der Waals surface area (Å²) in [6.07, 6.45) is 2.25. The number of hydrogen-bond acceptors (Lipinski definition) is 4. The van der Waals surface area contributed by atoms with Crippen LogP contribution in [0.2, 0.25) is 0 Å². The smallest absolute Gasteiger partial charge is 0.303 e. The standard InChI is InChI=1S/C17H19F2N5S/c1-10(2)15-21-22-17(23(15)11-7-8-11)25-9-14-20-12-5-3-4-6-13(12)24(14)16(18)19/h3-6,10-11,16H,7-9H2,1-2H3. The van der Waals surface area contributed by atoms with Crippen LogP contribution < -0.4 is 0 Å². The Kier molecular flexibility index (Phi) is 4.23. The third-order valence-electron chi connectivity index (χ3n) is 4.31. The number of para-hydroxylation sites is 2. The van der Waals surface area contributed by atoms with Gasteiger partial charge in [0.15, 0.2) is 5.16 Å². The number of fused-ring (bicyclic) bond motifs is 1. The minimum Gasteiger partial charge on any atom is -0.303 e. The van der Waals surface area contributed by atoms with Crippen molar-refractivity contribution in [2.45, 2.75) is 56.1 Å². The second-order valence-corrected chi connectivity index (χ2v) is 7.49. The van der Waals surface area contributed by atoms with Crippen LogP contribution in [0, 0.1) is 0 Å². The highest BCUT2D eigenvalue weighted by atomic mass is 32.2. The van der Waals surface area contributed by atoms with Gasteiger partial charge >= 0.3 is 6.55 Å². The topological polar surface area (TPSA) is 48.5 Å². The lowest BCUT2D eigenvalue weighted by Crippen LogP contribution is -2.06. The number of alkyl halides is 2. The highest BCUT2D eigenvalue weighted by molar-refractivity contribution is 7.98. The lowest BCUT2D eigenvalue weighted by Gasteiger charge is -2.11. The first-order chi connectivity index (χ1) is 12.1. The van der Waals surface area contributed by atoms with Gasteiger partial charge in [-0.25, -0.2) is 4.98 Å². The number of aromatic nitrogens is 5. The van der Waals surface area contributed by atoms with Gasteiger partial charge < -0.3 is 4.57 Å². The van der Waals surface area contributed by atoms with Crippen molar-refractivity contribution in [3.63, 3.8) is 0 Å². The maximum absolute atomic E-state index is 13.5. The Morgan fingerprint density at radius 1 is 1.20 bits per heavy atom. The number of rotatable bonds is 6. The molecule has 0 atom stereocenters. The molecule has 0 unspecified atom stereocenters. The van der Waals surface area contributed by atoms with Gasteiger partial charge in [0.1, 0.15) is 11.6 Å². The monoisotopic (exact) mass is 363 g/mol. The minimum atomic E-state index is -2.62. The molecule has 4 rings (SSSR count). The zero-order valence-corrected chi connectivity index (χ0v) is 14.9. The Morgan fingerprint density at radius 3 is 2.64 bits per heavy atom. The normalized spacial score (nSPS) is 15.0. The van der Waals surface area contributed by atoms with Crippen molar-refractivity contribution < 1.29 is 8.78 Å². The Balaban J connectivity index is 1.64. The summed E-state index contributed by atoms with van der Waals surface area (Å²) in [5.74, 6) is 1.94. The Bertz CT molecular complexity index is 898. The van der Waals surface area contributed by atoms with Gasteiger partial charge in [-0.1, -0.05) is 37.7 Å².